The van der Waals surface area contributed by atoms with Crippen LogP contribution in [0.3, 0.4) is 0 Å². The minimum absolute atomic E-state index is 0.112. The Hall–Kier alpha value is -3.28. The fraction of sp³-hybridized carbons (Fsp3) is 0.400. The van der Waals surface area contributed by atoms with Crippen LogP contribution in [0.15, 0.2) is 36.7 Å². The molecular formula is C20H21F2N5O2. The van der Waals surface area contributed by atoms with Gasteiger partial charge in [-0.3, -0.25) is 4.79 Å². The standard InChI is InChI=1S/C20H21F2N5O2/c1-29-18-12-16(5-7-24-18)20(21,22)6-4-19(28)27-10-8-26(9-11-27)17-3-2-15(13-23)14-25-17/h2-3,5,7,12,14H,4,6,8-11H2,1H3. The SMILES string of the molecule is COc1cc(C(F)(F)CCC(=O)N2CCN(c3ccc(C#N)cn3)CC2)ccn1. The number of halogens is 2. The van der Waals surface area contributed by atoms with Gasteiger partial charge >= 0.3 is 0 Å². The molecule has 1 amide bonds. The molecule has 0 aliphatic carbocycles. The van der Waals surface area contributed by atoms with Crippen molar-refractivity contribution in [2.24, 2.45) is 0 Å². The summed E-state index contributed by atoms with van der Waals surface area (Å²) in [4.78, 5) is 24.1. The van der Waals surface area contributed by atoms with E-state index in [1.54, 1.807) is 17.0 Å². The quantitative estimate of drug-likeness (QED) is 0.740. The third-order valence-electron chi connectivity index (χ3n) is 4.85. The summed E-state index contributed by atoms with van der Waals surface area (Å²) in [5.41, 5.74) is 0.268. The number of hydrogen-bond donors (Lipinski definition) is 0. The molecule has 0 spiro atoms. The van der Waals surface area contributed by atoms with E-state index in [1.165, 1.54) is 31.6 Å². The highest BCUT2D eigenvalue weighted by atomic mass is 19.3. The van der Waals surface area contributed by atoms with Crippen molar-refractivity contribution in [3.8, 4) is 11.9 Å². The minimum atomic E-state index is -3.14. The van der Waals surface area contributed by atoms with Gasteiger partial charge < -0.3 is 14.5 Å². The van der Waals surface area contributed by atoms with E-state index in [-0.39, 0.29) is 23.8 Å². The second-order valence-electron chi connectivity index (χ2n) is 6.68. The Morgan fingerprint density at radius 1 is 1.24 bits per heavy atom. The van der Waals surface area contributed by atoms with Gasteiger partial charge in [0, 0.05) is 63.0 Å². The van der Waals surface area contributed by atoms with Crippen molar-refractivity contribution in [3.63, 3.8) is 0 Å². The van der Waals surface area contributed by atoms with Gasteiger partial charge in [0.25, 0.3) is 5.92 Å². The number of hydrogen-bond acceptors (Lipinski definition) is 6. The minimum Gasteiger partial charge on any atom is -0.481 e. The fourth-order valence-corrected chi connectivity index (χ4v) is 3.14. The molecule has 1 saturated heterocycles. The average molecular weight is 401 g/mol. The summed E-state index contributed by atoms with van der Waals surface area (Å²) < 4.78 is 33.8. The van der Waals surface area contributed by atoms with Crippen LogP contribution < -0.4 is 9.64 Å². The Bertz CT molecular complexity index is 890. The Morgan fingerprint density at radius 3 is 2.62 bits per heavy atom. The monoisotopic (exact) mass is 401 g/mol. The molecule has 3 rings (SSSR count). The Kier molecular flexibility index (Phi) is 6.22. The zero-order chi connectivity index (χ0) is 20.9. The number of methoxy groups -OCH3 is 1. The highest BCUT2D eigenvalue weighted by Crippen LogP contribution is 2.34. The predicted octanol–water partition coefficient (Wildman–Crippen LogP) is 2.58. The maximum Gasteiger partial charge on any atom is 0.274 e. The van der Waals surface area contributed by atoms with Gasteiger partial charge in [-0.25, -0.2) is 18.7 Å². The van der Waals surface area contributed by atoms with Gasteiger partial charge in [0.2, 0.25) is 11.8 Å². The molecule has 0 N–H and O–H groups in total. The van der Waals surface area contributed by atoms with Gasteiger partial charge in [-0.2, -0.15) is 5.26 Å². The van der Waals surface area contributed by atoms with E-state index in [0.29, 0.717) is 31.7 Å². The molecule has 3 heterocycles. The van der Waals surface area contributed by atoms with Crippen LogP contribution >= 0.6 is 0 Å². The van der Waals surface area contributed by atoms with Gasteiger partial charge in [-0.05, 0) is 18.2 Å². The molecule has 0 radical (unpaired) electrons. The number of nitrogens with zero attached hydrogens (tertiary/aromatic N) is 5. The second kappa shape index (κ2) is 8.82. The first-order chi connectivity index (χ1) is 13.9. The van der Waals surface area contributed by atoms with Crippen molar-refractivity contribution < 1.29 is 18.3 Å². The van der Waals surface area contributed by atoms with E-state index in [9.17, 15) is 13.6 Å². The van der Waals surface area contributed by atoms with Gasteiger partial charge in [0.05, 0.1) is 12.7 Å². The summed E-state index contributed by atoms with van der Waals surface area (Å²) in [6, 6.07) is 7.89. The number of anilines is 1. The highest BCUT2D eigenvalue weighted by molar-refractivity contribution is 5.76. The Morgan fingerprint density at radius 2 is 2.00 bits per heavy atom. The number of pyridine rings is 2. The zero-order valence-electron chi connectivity index (χ0n) is 16.0. The molecule has 0 atom stereocenters. The number of ether oxygens (including phenoxy) is 1. The number of aromatic nitrogens is 2. The first kappa shape index (κ1) is 20.5. The van der Waals surface area contributed by atoms with Gasteiger partial charge in [0.15, 0.2) is 0 Å². The van der Waals surface area contributed by atoms with Crippen molar-refractivity contribution in [2.45, 2.75) is 18.8 Å². The molecule has 1 aliphatic rings. The third kappa shape index (κ3) is 4.96. The maximum absolute atomic E-state index is 14.5. The first-order valence-corrected chi connectivity index (χ1v) is 9.20. The lowest BCUT2D eigenvalue weighted by molar-refractivity contribution is -0.133. The van der Waals surface area contributed by atoms with E-state index in [1.807, 2.05) is 11.0 Å². The molecule has 0 bridgehead atoms. The van der Waals surface area contributed by atoms with E-state index in [0.717, 1.165) is 5.82 Å². The van der Waals surface area contributed by atoms with Crippen molar-refractivity contribution in [1.29, 1.82) is 5.26 Å². The lowest BCUT2D eigenvalue weighted by Crippen LogP contribution is -2.49. The van der Waals surface area contributed by atoms with Gasteiger partial charge in [-0.1, -0.05) is 0 Å². The molecule has 2 aromatic rings. The van der Waals surface area contributed by atoms with E-state index in [4.69, 9.17) is 10.00 Å². The number of rotatable bonds is 6. The number of amides is 1. The maximum atomic E-state index is 14.5. The smallest absolute Gasteiger partial charge is 0.274 e. The predicted molar refractivity (Wildman–Crippen MR) is 102 cm³/mol. The highest BCUT2D eigenvalue weighted by Gasteiger charge is 2.33. The number of carbonyl (C=O) groups is 1. The summed E-state index contributed by atoms with van der Waals surface area (Å²) in [7, 11) is 1.36. The zero-order valence-corrected chi connectivity index (χ0v) is 16.0. The normalized spacial score (nSPS) is 14.4. The average Bonchev–Trinajstić information content (AvgIpc) is 2.77. The van der Waals surface area contributed by atoms with Gasteiger partial charge in [-0.15, -0.1) is 0 Å². The number of piperazine rings is 1. The van der Waals surface area contributed by atoms with Crippen molar-refractivity contribution in [3.05, 3.63) is 47.8 Å². The third-order valence-corrected chi connectivity index (χ3v) is 4.85. The molecule has 0 saturated carbocycles. The van der Waals surface area contributed by atoms with E-state index < -0.39 is 12.3 Å². The Labute approximate surface area is 167 Å². The van der Waals surface area contributed by atoms with Gasteiger partial charge in [0.1, 0.15) is 11.9 Å². The first-order valence-electron chi connectivity index (χ1n) is 9.20. The molecular weight excluding hydrogens is 380 g/mol. The van der Waals surface area contributed by atoms with Crippen LogP contribution in [0.5, 0.6) is 5.88 Å². The van der Waals surface area contributed by atoms with Crippen molar-refractivity contribution in [1.82, 2.24) is 14.9 Å². The van der Waals surface area contributed by atoms with Crippen LogP contribution in [0, 0.1) is 11.3 Å². The largest absolute Gasteiger partial charge is 0.481 e. The summed E-state index contributed by atoms with van der Waals surface area (Å²) in [6.07, 6.45) is 1.95. The van der Waals surface area contributed by atoms with Crippen LogP contribution in [0.25, 0.3) is 0 Å². The lowest BCUT2D eigenvalue weighted by Gasteiger charge is -2.35. The molecule has 152 valence electrons. The van der Waals surface area contributed by atoms with Crippen molar-refractivity contribution in [2.75, 3.05) is 38.2 Å². The molecule has 9 heteroatoms. The van der Waals surface area contributed by atoms with Crippen LogP contribution in [-0.2, 0) is 10.7 Å². The lowest BCUT2D eigenvalue weighted by atomic mass is 10.0. The molecule has 1 aliphatic heterocycles. The molecule has 2 aromatic heterocycles. The van der Waals surface area contributed by atoms with E-state index >= 15 is 0 Å². The number of carbonyl (C=O) groups excluding carboxylic acids is 1. The van der Waals surface area contributed by atoms with E-state index in [2.05, 4.69) is 9.97 Å². The molecule has 29 heavy (non-hydrogen) atoms. The fourth-order valence-electron chi connectivity index (χ4n) is 3.14. The van der Waals surface area contributed by atoms with Crippen LogP contribution in [0.2, 0.25) is 0 Å². The summed E-state index contributed by atoms with van der Waals surface area (Å²) >= 11 is 0. The molecule has 0 aromatic carbocycles. The topological polar surface area (TPSA) is 82.4 Å². The molecule has 0 unspecified atom stereocenters. The number of nitriles is 1. The second-order valence-corrected chi connectivity index (χ2v) is 6.68. The number of alkyl halides is 2. The van der Waals surface area contributed by atoms with Crippen molar-refractivity contribution >= 4 is 11.7 Å². The van der Waals surface area contributed by atoms with Crippen LogP contribution in [0.1, 0.15) is 24.0 Å². The summed E-state index contributed by atoms with van der Waals surface area (Å²) in [5.74, 6) is -2.59. The molecule has 1 fully saturated rings. The molecule has 7 nitrogen and oxygen atoms in total. The van der Waals surface area contributed by atoms with Crippen LogP contribution in [0.4, 0.5) is 14.6 Å². The summed E-state index contributed by atoms with van der Waals surface area (Å²) in [5, 5.41) is 8.83. The van der Waals surface area contributed by atoms with Crippen LogP contribution in [-0.4, -0.2) is 54.1 Å². The Balaban J connectivity index is 1.52. The summed E-state index contributed by atoms with van der Waals surface area (Å²) in [6.45, 7) is 2.00.